The van der Waals surface area contributed by atoms with E-state index in [4.69, 9.17) is 16.3 Å². The summed E-state index contributed by atoms with van der Waals surface area (Å²) in [7, 11) is 0. The Morgan fingerprint density at radius 1 is 1.06 bits per heavy atom. The molecule has 0 radical (unpaired) electrons. The Hall–Kier alpha value is -3.12. The molecule has 0 fully saturated rings. The average Bonchev–Trinajstić information content (AvgIpc) is 2.80. The Morgan fingerprint density at radius 3 is 2.56 bits per heavy atom. The van der Waals surface area contributed by atoms with Crippen LogP contribution in [-0.4, -0.2) is 24.4 Å². The molecule has 0 aliphatic carbocycles. The van der Waals surface area contributed by atoms with Crippen molar-refractivity contribution < 1.29 is 19.1 Å². The van der Waals surface area contributed by atoms with Gasteiger partial charge in [-0.3, -0.25) is 14.4 Å². The number of carbonyl (C=O) groups excluding carboxylic acids is 3. The second kappa shape index (κ2) is 12.1. The zero-order valence-corrected chi connectivity index (χ0v) is 18.5. The summed E-state index contributed by atoms with van der Waals surface area (Å²) in [6, 6.07) is 16.2. The van der Waals surface area contributed by atoms with Gasteiger partial charge < -0.3 is 15.4 Å². The minimum absolute atomic E-state index is 0.0151. The number of carbonyl (C=O) groups is 3. The highest BCUT2D eigenvalue weighted by Crippen LogP contribution is 2.18. The van der Waals surface area contributed by atoms with Crippen LogP contribution in [0.4, 0.5) is 0 Å². The smallest absolute Gasteiger partial charge is 0.309 e. The molecule has 1 aliphatic heterocycles. The lowest BCUT2D eigenvalue weighted by molar-refractivity contribution is -0.151. The molecular weight excluding hydrogens is 428 g/mol. The molecule has 0 unspecified atom stereocenters. The molecule has 0 spiro atoms. The highest BCUT2D eigenvalue weighted by molar-refractivity contribution is 6.30. The minimum Gasteiger partial charge on any atom is -0.463 e. The van der Waals surface area contributed by atoms with Gasteiger partial charge in [0.2, 0.25) is 11.8 Å². The van der Waals surface area contributed by atoms with Crippen LogP contribution in [0.15, 0.2) is 66.7 Å². The van der Waals surface area contributed by atoms with Crippen LogP contribution in [-0.2, 0) is 25.7 Å². The predicted octanol–water partition coefficient (Wildman–Crippen LogP) is 4.10. The van der Waals surface area contributed by atoms with Crippen LogP contribution in [0.5, 0.6) is 0 Å². The number of hydrogen-bond donors (Lipinski definition) is 2. The van der Waals surface area contributed by atoms with Gasteiger partial charge in [0.15, 0.2) is 0 Å². The molecule has 2 aromatic rings. The van der Waals surface area contributed by atoms with Crippen LogP contribution in [0.25, 0.3) is 0 Å². The fourth-order valence-electron chi connectivity index (χ4n) is 3.41. The van der Waals surface area contributed by atoms with Crippen molar-refractivity contribution in [1.82, 2.24) is 10.6 Å². The summed E-state index contributed by atoms with van der Waals surface area (Å²) >= 11 is 5.88. The van der Waals surface area contributed by atoms with Gasteiger partial charge in [0.05, 0.1) is 12.0 Å². The molecule has 2 atom stereocenters. The van der Waals surface area contributed by atoms with E-state index in [0.717, 1.165) is 11.1 Å². The first-order valence-corrected chi connectivity index (χ1v) is 11.1. The molecule has 2 N–H and O–H groups in total. The van der Waals surface area contributed by atoms with Crippen LogP contribution in [0, 0.1) is 5.92 Å². The first-order chi connectivity index (χ1) is 15.5. The van der Waals surface area contributed by atoms with Crippen molar-refractivity contribution in [1.29, 1.82) is 0 Å². The Kier molecular flexibility index (Phi) is 8.87. The summed E-state index contributed by atoms with van der Waals surface area (Å²) in [6.45, 7) is 0.372. The van der Waals surface area contributed by atoms with Gasteiger partial charge >= 0.3 is 5.97 Å². The molecule has 0 aromatic heterocycles. The van der Waals surface area contributed by atoms with Crippen molar-refractivity contribution in [3.05, 3.63) is 82.9 Å². The van der Waals surface area contributed by atoms with Crippen LogP contribution < -0.4 is 10.6 Å². The SMILES string of the molecule is O=C(C[C@@H]1C/C=C/CCC(=O)N[C@@H](c2ccccc2)COC1=O)NCc1ccc(Cl)cc1. The van der Waals surface area contributed by atoms with Crippen molar-refractivity contribution in [3.63, 3.8) is 0 Å². The number of esters is 1. The van der Waals surface area contributed by atoms with E-state index in [0.29, 0.717) is 30.8 Å². The molecular formula is C25H27ClN2O4. The summed E-state index contributed by atoms with van der Waals surface area (Å²) in [5.41, 5.74) is 1.78. The summed E-state index contributed by atoms with van der Waals surface area (Å²) in [5.74, 6) is -1.37. The van der Waals surface area contributed by atoms with Crippen LogP contribution in [0.1, 0.15) is 42.9 Å². The van der Waals surface area contributed by atoms with Crippen molar-refractivity contribution in [2.75, 3.05) is 6.61 Å². The number of halogens is 1. The Balaban J connectivity index is 1.62. The average molecular weight is 455 g/mol. The fourth-order valence-corrected chi connectivity index (χ4v) is 3.54. The van der Waals surface area contributed by atoms with E-state index in [-0.39, 0.29) is 24.8 Å². The van der Waals surface area contributed by atoms with E-state index < -0.39 is 17.9 Å². The van der Waals surface area contributed by atoms with Gasteiger partial charge in [-0.05, 0) is 36.1 Å². The summed E-state index contributed by atoms with van der Waals surface area (Å²) < 4.78 is 5.54. The fraction of sp³-hybridized carbons (Fsp3) is 0.320. The van der Waals surface area contributed by atoms with E-state index in [9.17, 15) is 14.4 Å². The maximum absolute atomic E-state index is 12.8. The molecule has 6 nitrogen and oxygen atoms in total. The second-order valence-corrected chi connectivity index (χ2v) is 8.15. The van der Waals surface area contributed by atoms with Crippen LogP contribution >= 0.6 is 11.6 Å². The first-order valence-electron chi connectivity index (χ1n) is 10.7. The van der Waals surface area contributed by atoms with Crippen molar-refractivity contribution in [3.8, 4) is 0 Å². The topological polar surface area (TPSA) is 84.5 Å². The van der Waals surface area contributed by atoms with E-state index in [1.807, 2.05) is 54.6 Å². The number of cyclic esters (lactones) is 1. The molecule has 0 saturated heterocycles. The number of amides is 2. The summed E-state index contributed by atoms with van der Waals surface area (Å²) in [6.07, 6.45) is 5.02. The molecule has 32 heavy (non-hydrogen) atoms. The monoisotopic (exact) mass is 454 g/mol. The molecule has 2 amide bonds. The lowest BCUT2D eigenvalue weighted by atomic mass is 9.99. The van der Waals surface area contributed by atoms with Crippen LogP contribution in [0.3, 0.4) is 0 Å². The van der Waals surface area contributed by atoms with Crippen molar-refractivity contribution >= 4 is 29.4 Å². The number of hydrogen-bond acceptors (Lipinski definition) is 4. The number of benzene rings is 2. The standard InChI is InChI=1S/C25H27ClN2O4/c26-21-13-11-18(12-14-21)16-27-24(30)15-20-9-5-2-6-10-23(29)28-22(17-32-25(20)31)19-7-3-1-4-8-19/h1-5,7-8,11-14,20,22H,6,9-10,15-17H2,(H,27,30)(H,28,29)/b5-2+/t20-,22+/m0/s1. The number of nitrogens with one attached hydrogen (secondary N) is 2. The molecule has 7 heteroatoms. The van der Waals surface area contributed by atoms with E-state index in [1.54, 1.807) is 12.1 Å². The third-order valence-electron chi connectivity index (χ3n) is 5.22. The third-order valence-corrected chi connectivity index (χ3v) is 5.47. The highest BCUT2D eigenvalue weighted by Gasteiger charge is 2.25. The number of ether oxygens (including phenoxy) is 1. The van der Waals surface area contributed by atoms with Gasteiger partial charge in [0.25, 0.3) is 0 Å². The number of rotatable bonds is 5. The van der Waals surface area contributed by atoms with E-state index >= 15 is 0 Å². The predicted molar refractivity (Wildman–Crippen MR) is 123 cm³/mol. The zero-order chi connectivity index (χ0) is 22.8. The van der Waals surface area contributed by atoms with Crippen molar-refractivity contribution in [2.24, 2.45) is 5.92 Å². The Labute approximate surface area is 193 Å². The maximum Gasteiger partial charge on any atom is 0.309 e. The third kappa shape index (κ3) is 7.54. The van der Waals surface area contributed by atoms with Gasteiger partial charge in [-0.15, -0.1) is 0 Å². The van der Waals surface area contributed by atoms with E-state index in [2.05, 4.69) is 10.6 Å². The molecule has 1 aliphatic rings. The molecule has 3 rings (SSSR count). The highest BCUT2D eigenvalue weighted by atomic mass is 35.5. The second-order valence-electron chi connectivity index (χ2n) is 7.71. The molecule has 168 valence electrons. The van der Waals surface area contributed by atoms with Gasteiger partial charge in [0.1, 0.15) is 6.61 Å². The summed E-state index contributed by atoms with van der Waals surface area (Å²) in [4.78, 5) is 37.5. The largest absolute Gasteiger partial charge is 0.463 e. The quantitative estimate of drug-likeness (QED) is 0.526. The Bertz CT molecular complexity index is 944. The van der Waals surface area contributed by atoms with Gasteiger partial charge in [-0.1, -0.05) is 66.2 Å². The molecule has 2 aromatic carbocycles. The molecule has 0 saturated carbocycles. The first kappa shape index (κ1) is 23.5. The number of allylic oxidation sites excluding steroid dienone is 2. The zero-order valence-electron chi connectivity index (χ0n) is 17.8. The summed E-state index contributed by atoms with van der Waals surface area (Å²) in [5, 5.41) is 6.41. The molecule has 1 heterocycles. The van der Waals surface area contributed by atoms with Gasteiger partial charge in [0, 0.05) is 24.4 Å². The minimum atomic E-state index is -0.594. The Morgan fingerprint density at radius 2 is 1.81 bits per heavy atom. The molecule has 0 bridgehead atoms. The lowest BCUT2D eigenvalue weighted by Crippen LogP contribution is -2.34. The maximum atomic E-state index is 12.8. The van der Waals surface area contributed by atoms with E-state index in [1.165, 1.54) is 0 Å². The van der Waals surface area contributed by atoms with Crippen molar-refractivity contribution in [2.45, 2.75) is 38.3 Å². The van der Waals surface area contributed by atoms with Gasteiger partial charge in [-0.25, -0.2) is 0 Å². The van der Waals surface area contributed by atoms with Crippen LogP contribution in [0.2, 0.25) is 5.02 Å². The normalized spacial score (nSPS) is 20.8. The lowest BCUT2D eigenvalue weighted by Gasteiger charge is -2.22. The van der Waals surface area contributed by atoms with Gasteiger partial charge in [-0.2, -0.15) is 0 Å².